The van der Waals surface area contributed by atoms with Crippen molar-refractivity contribution in [2.75, 3.05) is 5.32 Å². The molecule has 0 saturated carbocycles. The lowest BCUT2D eigenvalue weighted by molar-refractivity contribution is -0.137. The van der Waals surface area contributed by atoms with E-state index in [9.17, 15) is 26.4 Å². The summed E-state index contributed by atoms with van der Waals surface area (Å²) in [6.07, 6.45) is -3.09. The Labute approximate surface area is 158 Å². The number of nitrogens with one attached hydrogen (secondary N) is 2. The van der Waals surface area contributed by atoms with Crippen LogP contribution in [0.4, 0.5) is 24.5 Å². The van der Waals surface area contributed by atoms with Crippen molar-refractivity contribution in [3.8, 4) is 0 Å². The minimum atomic E-state index is -4.46. The topological polar surface area (TPSA) is 88.2 Å². The average molecular weight is 409 g/mol. The van der Waals surface area contributed by atoms with Gasteiger partial charge in [-0.3, -0.25) is 9.78 Å². The van der Waals surface area contributed by atoms with Gasteiger partial charge >= 0.3 is 6.18 Å². The van der Waals surface area contributed by atoms with Crippen LogP contribution in [0.25, 0.3) is 10.9 Å². The minimum absolute atomic E-state index is 0.0948. The zero-order valence-corrected chi connectivity index (χ0v) is 15.2. The van der Waals surface area contributed by atoms with Gasteiger partial charge < -0.3 is 5.32 Å². The molecule has 0 unspecified atom stereocenters. The Balaban J connectivity index is 1.90. The van der Waals surface area contributed by atoms with Gasteiger partial charge in [0.25, 0.3) is 10.0 Å². The largest absolute Gasteiger partial charge is 0.416 e. The summed E-state index contributed by atoms with van der Waals surface area (Å²) in [5.41, 5.74) is 0.396. The quantitative estimate of drug-likeness (QED) is 0.684. The molecule has 6 nitrogen and oxygen atoms in total. The third-order valence-electron chi connectivity index (χ3n) is 3.79. The van der Waals surface area contributed by atoms with E-state index in [0.29, 0.717) is 16.8 Å². The number of pyridine rings is 1. The normalized spacial score (nSPS) is 12.0. The Kier molecular flexibility index (Phi) is 4.99. The summed E-state index contributed by atoms with van der Waals surface area (Å²) in [6, 6.07) is 10.4. The molecule has 1 aromatic heterocycles. The van der Waals surface area contributed by atoms with Crippen molar-refractivity contribution in [1.82, 2.24) is 9.71 Å². The first-order valence-corrected chi connectivity index (χ1v) is 9.41. The van der Waals surface area contributed by atoms with Gasteiger partial charge in [0, 0.05) is 29.9 Å². The van der Waals surface area contributed by atoms with Crippen LogP contribution in [0.1, 0.15) is 12.5 Å². The van der Waals surface area contributed by atoms with Crippen molar-refractivity contribution in [3.05, 3.63) is 60.3 Å². The molecule has 10 heteroatoms. The predicted octanol–water partition coefficient (Wildman–Crippen LogP) is 3.82. The number of halogens is 3. The molecule has 1 heterocycles. The Hall–Kier alpha value is -3.14. The Morgan fingerprint density at radius 2 is 1.71 bits per heavy atom. The molecule has 0 aliphatic heterocycles. The molecule has 0 saturated heterocycles. The van der Waals surface area contributed by atoms with E-state index in [4.69, 9.17) is 0 Å². The summed E-state index contributed by atoms with van der Waals surface area (Å²) < 4.78 is 64.3. The number of benzene rings is 2. The number of anilines is 2. The van der Waals surface area contributed by atoms with Crippen molar-refractivity contribution in [2.24, 2.45) is 0 Å². The number of rotatable bonds is 4. The number of nitrogens with zero attached hydrogens (tertiary/aromatic N) is 1. The van der Waals surface area contributed by atoms with Gasteiger partial charge in [-0.1, -0.05) is 6.07 Å². The van der Waals surface area contributed by atoms with E-state index >= 15 is 0 Å². The van der Waals surface area contributed by atoms with Crippen LogP contribution in [0.5, 0.6) is 0 Å². The highest BCUT2D eigenvalue weighted by molar-refractivity contribution is 7.90. The van der Waals surface area contributed by atoms with E-state index in [2.05, 4.69) is 10.3 Å². The number of aromatic nitrogens is 1. The van der Waals surface area contributed by atoms with Gasteiger partial charge in [0.1, 0.15) is 0 Å². The molecular formula is C18H14F3N3O3S. The lowest BCUT2D eigenvalue weighted by atomic mass is 10.1. The van der Waals surface area contributed by atoms with Gasteiger partial charge in [-0.2, -0.15) is 13.2 Å². The molecule has 2 aromatic carbocycles. The highest BCUT2D eigenvalue weighted by Gasteiger charge is 2.30. The molecule has 2 N–H and O–H groups in total. The van der Waals surface area contributed by atoms with Crippen LogP contribution in [0.15, 0.2) is 59.6 Å². The first kappa shape index (κ1) is 19.6. The third kappa shape index (κ3) is 4.22. The lowest BCUT2D eigenvalue weighted by Gasteiger charge is -2.12. The summed E-state index contributed by atoms with van der Waals surface area (Å²) in [5, 5.41) is 3.50. The predicted molar refractivity (Wildman–Crippen MR) is 97.5 cm³/mol. The molecule has 0 aliphatic rings. The highest BCUT2D eigenvalue weighted by atomic mass is 32.2. The molecule has 28 heavy (non-hydrogen) atoms. The fourth-order valence-electron chi connectivity index (χ4n) is 2.55. The number of hydrogen-bond donors (Lipinski definition) is 2. The first-order chi connectivity index (χ1) is 13.1. The fraction of sp³-hybridized carbons (Fsp3) is 0.111. The van der Waals surface area contributed by atoms with Crippen LogP contribution in [0.2, 0.25) is 0 Å². The first-order valence-electron chi connectivity index (χ1n) is 7.93. The second-order valence-electron chi connectivity index (χ2n) is 5.90. The molecule has 3 rings (SSSR count). The second kappa shape index (κ2) is 7.12. The summed E-state index contributed by atoms with van der Waals surface area (Å²) in [4.78, 5) is 14.8. The van der Waals surface area contributed by atoms with Crippen LogP contribution in [0, 0.1) is 0 Å². The van der Waals surface area contributed by atoms with Gasteiger partial charge in [0.05, 0.1) is 16.0 Å². The van der Waals surface area contributed by atoms with Crippen molar-refractivity contribution < 1.29 is 26.4 Å². The Morgan fingerprint density at radius 1 is 1.04 bits per heavy atom. The highest BCUT2D eigenvalue weighted by Crippen LogP contribution is 2.33. The molecule has 0 fully saturated rings. The van der Waals surface area contributed by atoms with Crippen molar-refractivity contribution in [3.63, 3.8) is 0 Å². The smallest absolute Gasteiger partial charge is 0.355 e. The van der Waals surface area contributed by atoms with Crippen LogP contribution >= 0.6 is 0 Å². The number of carbonyl (C=O) groups is 1. The van der Waals surface area contributed by atoms with Gasteiger partial charge in [-0.25, -0.2) is 13.1 Å². The fourth-order valence-corrected chi connectivity index (χ4v) is 3.55. The van der Waals surface area contributed by atoms with Crippen molar-refractivity contribution >= 4 is 38.2 Å². The van der Waals surface area contributed by atoms with E-state index in [-0.39, 0.29) is 10.4 Å². The Bertz CT molecular complexity index is 1140. The molecule has 0 aliphatic carbocycles. The van der Waals surface area contributed by atoms with E-state index in [1.807, 2.05) is 4.72 Å². The molecule has 0 bridgehead atoms. The Morgan fingerprint density at radius 3 is 2.32 bits per heavy atom. The van der Waals surface area contributed by atoms with Gasteiger partial charge in [-0.15, -0.1) is 0 Å². The lowest BCUT2D eigenvalue weighted by Crippen LogP contribution is -2.28. The monoisotopic (exact) mass is 409 g/mol. The van der Waals surface area contributed by atoms with Gasteiger partial charge in [0.15, 0.2) is 0 Å². The maximum atomic E-state index is 12.9. The molecule has 3 aromatic rings. The van der Waals surface area contributed by atoms with Gasteiger partial charge in [-0.05, 0) is 42.5 Å². The molecule has 146 valence electrons. The van der Waals surface area contributed by atoms with E-state index < -0.39 is 27.7 Å². The molecule has 0 atom stereocenters. The van der Waals surface area contributed by atoms with Crippen molar-refractivity contribution in [1.29, 1.82) is 0 Å². The number of sulfonamides is 1. The van der Waals surface area contributed by atoms with E-state index in [1.54, 1.807) is 6.07 Å². The van der Waals surface area contributed by atoms with Crippen LogP contribution in [0.3, 0.4) is 0 Å². The van der Waals surface area contributed by atoms with Gasteiger partial charge in [0.2, 0.25) is 5.91 Å². The summed E-state index contributed by atoms with van der Waals surface area (Å²) in [6.45, 7) is 1.09. The van der Waals surface area contributed by atoms with Crippen LogP contribution in [-0.2, 0) is 21.0 Å². The number of fused-ring (bicyclic) bond motifs is 1. The number of amides is 1. The maximum absolute atomic E-state index is 12.9. The standard InChI is InChI=1S/C18H14F3N3O3S/c1-11(25)24-28(26,27)14-5-3-13(4-6-14)23-16-8-9-22-17-10-12(18(19,20)21)2-7-15(16)17/h2-10H,1H3,(H,22,23)(H,24,25). The number of hydrogen-bond acceptors (Lipinski definition) is 5. The van der Waals surface area contributed by atoms with E-state index in [1.165, 1.54) is 36.5 Å². The van der Waals surface area contributed by atoms with Crippen LogP contribution < -0.4 is 10.0 Å². The molecule has 1 amide bonds. The average Bonchev–Trinajstić information content (AvgIpc) is 2.60. The third-order valence-corrected chi connectivity index (χ3v) is 5.24. The van der Waals surface area contributed by atoms with E-state index in [0.717, 1.165) is 19.1 Å². The SMILES string of the molecule is CC(=O)NS(=O)(=O)c1ccc(Nc2ccnc3cc(C(F)(F)F)ccc23)cc1. The summed E-state index contributed by atoms with van der Waals surface area (Å²) in [5.74, 6) is -0.705. The zero-order chi connectivity index (χ0) is 20.5. The summed E-state index contributed by atoms with van der Waals surface area (Å²) in [7, 11) is -3.95. The minimum Gasteiger partial charge on any atom is -0.355 e. The summed E-state index contributed by atoms with van der Waals surface area (Å²) >= 11 is 0. The molecule has 0 radical (unpaired) electrons. The maximum Gasteiger partial charge on any atom is 0.416 e. The molecular weight excluding hydrogens is 395 g/mol. The number of alkyl halides is 3. The second-order valence-corrected chi connectivity index (χ2v) is 7.58. The molecule has 0 spiro atoms. The van der Waals surface area contributed by atoms with Crippen LogP contribution in [-0.4, -0.2) is 19.3 Å². The zero-order valence-electron chi connectivity index (χ0n) is 14.4. The number of carbonyl (C=O) groups excluding carboxylic acids is 1. The van der Waals surface area contributed by atoms with Crippen molar-refractivity contribution in [2.45, 2.75) is 18.0 Å².